The number of fused-ring (bicyclic) bond motifs is 5. The summed E-state index contributed by atoms with van der Waals surface area (Å²) in [5.74, 6) is -0.879. The summed E-state index contributed by atoms with van der Waals surface area (Å²) in [6, 6.07) is 7.91. The average Bonchev–Trinajstić information content (AvgIpc) is 2.84. The lowest BCUT2D eigenvalue weighted by molar-refractivity contribution is -0.308. The molecular formula is C16H9BrCl2NO3-. The van der Waals surface area contributed by atoms with E-state index in [1.165, 1.54) is 0 Å². The van der Waals surface area contributed by atoms with Crippen molar-refractivity contribution in [1.82, 2.24) is 0 Å². The second kappa shape index (κ2) is 5.30. The van der Waals surface area contributed by atoms with E-state index in [1.54, 1.807) is 12.1 Å². The lowest BCUT2D eigenvalue weighted by atomic mass is 9.81. The highest BCUT2D eigenvalue weighted by Gasteiger charge is 2.46. The average molecular weight is 414 g/mol. The van der Waals surface area contributed by atoms with Gasteiger partial charge in [0.05, 0.1) is 11.9 Å². The van der Waals surface area contributed by atoms with Crippen molar-refractivity contribution in [3.8, 4) is 5.75 Å². The van der Waals surface area contributed by atoms with E-state index in [2.05, 4.69) is 21.2 Å². The molecule has 0 bridgehead atoms. The maximum Gasteiger partial charge on any atom is 0.135 e. The van der Waals surface area contributed by atoms with E-state index in [0.29, 0.717) is 21.5 Å². The van der Waals surface area contributed by atoms with Crippen LogP contribution in [0.25, 0.3) is 0 Å². The number of ether oxygens (including phenoxy) is 1. The van der Waals surface area contributed by atoms with Gasteiger partial charge in [-0.05, 0) is 30.3 Å². The van der Waals surface area contributed by atoms with E-state index in [-0.39, 0.29) is 5.92 Å². The van der Waals surface area contributed by atoms with Crippen LogP contribution in [0.15, 0.2) is 34.8 Å². The van der Waals surface area contributed by atoms with Crippen molar-refractivity contribution in [2.24, 2.45) is 0 Å². The minimum absolute atomic E-state index is 0.300. The van der Waals surface area contributed by atoms with Gasteiger partial charge in [0.25, 0.3) is 0 Å². The maximum atomic E-state index is 11.6. The largest absolute Gasteiger partial charge is 0.548 e. The summed E-state index contributed by atoms with van der Waals surface area (Å²) in [7, 11) is 0. The minimum Gasteiger partial charge on any atom is -0.548 e. The number of halogens is 3. The van der Waals surface area contributed by atoms with Crippen LogP contribution in [0.1, 0.15) is 17.0 Å². The fourth-order valence-electron chi connectivity index (χ4n) is 3.30. The second-order valence-electron chi connectivity index (χ2n) is 5.53. The topological polar surface area (TPSA) is 61.4 Å². The van der Waals surface area contributed by atoms with Crippen molar-refractivity contribution in [3.63, 3.8) is 0 Å². The predicted molar refractivity (Wildman–Crippen MR) is 89.3 cm³/mol. The number of aliphatic carboxylic acids is 1. The van der Waals surface area contributed by atoms with E-state index in [9.17, 15) is 9.90 Å². The van der Waals surface area contributed by atoms with Crippen LogP contribution in [0, 0.1) is 0 Å². The molecule has 4 nitrogen and oxygen atoms in total. The zero-order valence-electron chi connectivity index (χ0n) is 11.5. The Labute approximate surface area is 150 Å². The Morgan fingerprint density at radius 3 is 2.78 bits per heavy atom. The third kappa shape index (κ3) is 2.30. The molecule has 0 amide bonds. The van der Waals surface area contributed by atoms with E-state index in [0.717, 1.165) is 15.6 Å². The van der Waals surface area contributed by atoms with Crippen LogP contribution < -0.4 is 15.2 Å². The molecule has 4 rings (SSSR count). The second-order valence-corrected chi connectivity index (χ2v) is 7.29. The molecule has 2 aromatic carbocycles. The van der Waals surface area contributed by atoms with Gasteiger partial charge < -0.3 is 20.0 Å². The van der Waals surface area contributed by atoms with Gasteiger partial charge in [-0.25, -0.2) is 0 Å². The number of carbonyl (C=O) groups excluding carboxylic acids is 1. The maximum absolute atomic E-state index is 11.6. The number of carboxylic acids is 1. The number of carboxylic acid groups (broad SMARTS) is 1. The van der Waals surface area contributed by atoms with Crippen LogP contribution >= 0.6 is 39.1 Å². The Morgan fingerprint density at radius 2 is 2.04 bits per heavy atom. The number of benzene rings is 2. The molecule has 0 fully saturated rings. The van der Waals surface area contributed by atoms with Crippen molar-refractivity contribution >= 4 is 50.8 Å². The monoisotopic (exact) mass is 412 g/mol. The van der Waals surface area contributed by atoms with Gasteiger partial charge in [-0.3, -0.25) is 0 Å². The fraction of sp³-hybridized carbons (Fsp3) is 0.188. The SMILES string of the molecule is O=C([O-])C1Nc2cc(Cl)cc(Cl)c2C2c3cc(Br)ccc3OC12. The molecule has 2 heterocycles. The van der Waals surface area contributed by atoms with Crippen molar-refractivity contribution in [3.05, 3.63) is 56.0 Å². The lowest BCUT2D eigenvalue weighted by Gasteiger charge is -2.37. The molecule has 2 aliphatic rings. The molecule has 2 aromatic rings. The Morgan fingerprint density at radius 1 is 1.26 bits per heavy atom. The molecule has 7 heteroatoms. The van der Waals surface area contributed by atoms with Gasteiger partial charge in [0.1, 0.15) is 17.9 Å². The zero-order chi connectivity index (χ0) is 16.3. The molecule has 0 saturated heterocycles. The Kier molecular flexibility index (Phi) is 3.48. The molecule has 0 aliphatic carbocycles. The molecule has 1 N–H and O–H groups in total. The van der Waals surface area contributed by atoms with Gasteiger partial charge in [-0.2, -0.15) is 0 Å². The summed E-state index contributed by atoms with van der Waals surface area (Å²) in [6.07, 6.45) is -0.629. The van der Waals surface area contributed by atoms with E-state index >= 15 is 0 Å². The van der Waals surface area contributed by atoms with Gasteiger partial charge in [-0.1, -0.05) is 39.1 Å². The molecule has 3 atom stereocenters. The van der Waals surface area contributed by atoms with Crippen molar-refractivity contribution < 1.29 is 14.6 Å². The summed E-state index contributed by atoms with van der Waals surface area (Å²) in [4.78, 5) is 11.6. The normalized spacial score (nSPS) is 24.0. The first-order chi connectivity index (χ1) is 11.0. The third-order valence-electron chi connectivity index (χ3n) is 4.20. The summed E-state index contributed by atoms with van der Waals surface area (Å²) in [5, 5.41) is 15.4. The zero-order valence-corrected chi connectivity index (χ0v) is 14.6. The van der Waals surface area contributed by atoms with Crippen LogP contribution in [-0.4, -0.2) is 18.1 Å². The molecule has 118 valence electrons. The highest BCUT2D eigenvalue weighted by atomic mass is 79.9. The van der Waals surface area contributed by atoms with Crippen LogP contribution in [-0.2, 0) is 4.79 Å². The Balaban J connectivity index is 1.97. The van der Waals surface area contributed by atoms with E-state index in [1.807, 2.05) is 18.2 Å². The predicted octanol–water partition coefficient (Wildman–Crippen LogP) is 3.19. The highest BCUT2D eigenvalue weighted by molar-refractivity contribution is 9.10. The van der Waals surface area contributed by atoms with Gasteiger partial charge in [0.2, 0.25) is 0 Å². The number of carbonyl (C=O) groups is 1. The van der Waals surface area contributed by atoms with Crippen molar-refractivity contribution in [1.29, 1.82) is 0 Å². The molecular weight excluding hydrogens is 405 g/mol. The highest BCUT2D eigenvalue weighted by Crippen LogP contribution is 2.51. The Hall–Kier alpha value is -1.43. The van der Waals surface area contributed by atoms with E-state index < -0.39 is 18.1 Å². The molecule has 0 saturated carbocycles. The smallest absolute Gasteiger partial charge is 0.135 e. The number of hydrogen-bond donors (Lipinski definition) is 1. The number of hydrogen-bond acceptors (Lipinski definition) is 4. The Bertz CT molecular complexity index is 842. The van der Waals surface area contributed by atoms with Crippen LogP contribution in [0.5, 0.6) is 5.75 Å². The van der Waals surface area contributed by atoms with Gasteiger partial charge in [0.15, 0.2) is 0 Å². The van der Waals surface area contributed by atoms with Crippen molar-refractivity contribution in [2.45, 2.75) is 18.1 Å². The first-order valence-corrected chi connectivity index (χ1v) is 8.43. The third-order valence-corrected chi connectivity index (χ3v) is 5.22. The summed E-state index contributed by atoms with van der Waals surface area (Å²) in [5.41, 5.74) is 2.27. The summed E-state index contributed by atoms with van der Waals surface area (Å²) < 4.78 is 6.77. The molecule has 0 spiro atoms. The van der Waals surface area contributed by atoms with Crippen LogP contribution in [0.4, 0.5) is 5.69 Å². The van der Waals surface area contributed by atoms with Gasteiger partial charge in [0, 0.05) is 31.3 Å². The van der Waals surface area contributed by atoms with Crippen molar-refractivity contribution in [2.75, 3.05) is 5.32 Å². The first-order valence-electron chi connectivity index (χ1n) is 6.88. The number of anilines is 1. The number of nitrogens with one attached hydrogen (secondary N) is 1. The first kappa shape index (κ1) is 15.1. The molecule has 23 heavy (non-hydrogen) atoms. The lowest BCUT2D eigenvalue weighted by Crippen LogP contribution is -2.53. The molecule has 0 aromatic heterocycles. The van der Waals surface area contributed by atoms with Gasteiger partial charge in [-0.15, -0.1) is 0 Å². The molecule has 0 radical (unpaired) electrons. The van der Waals surface area contributed by atoms with Crippen LogP contribution in [0.2, 0.25) is 10.0 Å². The van der Waals surface area contributed by atoms with Crippen LogP contribution in [0.3, 0.4) is 0 Å². The van der Waals surface area contributed by atoms with E-state index in [4.69, 9.17) is 27.9 Å². The quantitative estimate of drug-likeness (QED) is 0.779. The minimum atomic E-state index is -1.23. The summed E-state index contributed by atoms with van der Waals surface area (Å²) in [6.45, 7) is 0. The summed E-state index contributed by atoms with van der Waals surface area (Å²) >= 11 is 15.9. The fourth-order valence-corrected chi connectivity index (χ4v) is 4.29. The number of rotatable bonds is 1. The molecule has 2 aliphatic heterocycles. The standard InChI is InChI=1S/C16H10BrCl2NO3/c17-6-1-2-11-8(3-6)12-13-9(19)4-7(18)5-10(13)20-14(16(21)22)15(12)23-11/h1-5,12,14-15,20H,(H,21,22)/p-1. The molecule has 3 unspecified atom stereocenters. The van der Waals surface area contributed by atoms with Gasteiger partial charge >= 0.3 is 0 Å².